The van der Waals surface area contributed by atoms with Crippen LogP contribution in [0.2, 0.25) is 5.02 Å². The van der Waals surface area contributed by atoms with E-state index in [0.29, 0.717) is 21.5 Å². The van der Waals surface area contributed by atoms with Gasteiger partial charge in [-0.1, -0.05) is 11.6 Å². The average Bonchev–Trinajstić information content (AvgIpc) is 2.63. The first-order valence-electron chi connectivity index (χ1n) is 9.21. The summed E-state index contributed by atoms with van der Waals surface area (Å²) in [6, 6.07) is 5.11. The van der Waals surface area contributed by atoms with Crippen molar-refractivity contribution >= 4 is 23.2 Å². The monoisotopic (exact) mass is 407 g/mol. The molecule has 2 heterocycles. The Labute approximate surface area is 168 Å². The highest BCUT2D eigenvalue weighted by atomic mass is 35.5. The molecule has 8 heteroatoms. The fourth-order valence-corrected chi connectivity index (χ4v) is 3.60. The van der Waals surface area contributed by atoms with E-state index in [2.05, 4.69) is 22.5 Å². The highest BCUT2D eigenvalue weighted by molar-refractivity contribution is 6.31. The lowest BCUT2D eigenvalue weighted by Gasteiger charge is -2.32. The fourth-order valence-electron chi connectivity index (χ4n) is 3.36. The van der Waals surface area contributed by atoms with Gasteiger partial charge in [-0.3, -0.25) is 14.9 Å². The molecule has 0 bridgehead atoms. The van der Waals surface area contributed by atoms with E-state index in [0.717, 1.165) is 43.4 Å². The van der Waals surface area contributed by atoms with Crippen molar-refractivity contribution < 1.29 is 19.1 Å². The number of anilines is 1. The summed E-state index contributed by atoms with van der Waals surface area (Å²) in [5.41, 5.74) is 2.56. The lowest BCUT2D eigenvalue weighted by Crippen LogP contribution is -2.48. The first-order chi connectivity index (χ1) is 13.2. The average molecular weight is 408 g/mol. The first kappa shape index (κ1) is 20.5. The Kier molecular flexibility index (Phi) is 6.17. The number of nitrogens with zero attached hydrogens (tertiary/aromatic N) is 2. The van der Waals surface area contributed by atoms with E-state index in [1.54, 1.807) is 6.07 Å². The van der Waals surface area contributed by atoms with Gasteiger partial charge in [-0.2, -0.15) is 4.39 Å². The van der Waals surface area contributed by atoms with E-state index >= 15 is 0 Å². The van der Waals surface area contributed by atoms with Gasteiger partial charge in [-0.05, 0) is 43.2 Å². The molecule has 1 fully saturated rings. The molecule has 1 saturated heterocycles. The molecule has 0 aliphatic carbocycles. The number of halogens is 2. The summed E-state index contributed by atoms with van der Waals surface area (Å²) in [7, 11) is 0. The van der Waals surface area contributed by atoms with Gasteiger partial charge in [-0.15, -0.1) is 0 Å². The van der Waals surface area contributed by atoms with Crippen molar-refractivity contribution in [3.8, 4) is 0 Å². The third-order valence-electron chi connectivity index (χ3n) is 5.07. The normalized spacial score (nSPS) is 17.5. The molecule has 1 aliphatic rings. The summed E-state index contributed by atoms with van der Waals surface area (Å²) >= 11 is 6.28. The van der Waals surface area contributed by atoms with Crippen molar-refractivity contribution in [3.05, 3.63) is 57.6 Å². The number of nitrogens with one attached hydrogen (secondary N) is 2. The summed E-state index contributed by atoms with van der Waals surface area (Å²) in [6.45, 7) is 9.04. The Morgan fingerprint density at radius 2 is 2.18 bits per heavy atom. The van der Waals surface area contributed by atoms with Crippen molar-refractivity contribution in [1.29, 1.82) is 0 Å². The van der Waals surface area contributed by atoms with Gasteiger partial charge in [0.25, 0.3) is 11.6 Å². The second kappa shape index (κ2) is 8.43. The molecule has 28 heavy (non-hydrogen) atoms. The van der Waals surface area contributed by atoms with Crippen LogP contribution in [0.3, 0.4) is 0 Å². The van der Waals surface area contributed by atoms with Crippen LogP contribution in [0.25, 0.3) is 0 Å². The fraction of sp³-hybridized carbons (Fsp3) is 0.400. The molecular formula is C20H25ClFN4O2+. The molecule has 0 spiro atoms. The van der Waals surface area contributed by atoms with Crippen LogP contribution in [0, 0.1) is 19.7 Å². The minimum absolute atomic E-state index is 0.0162. The van der Waals surface area contributed by atoms with Gasteiger partial charge in [0.05, 0.1) is 0 Å². The summed E-state index contributed by atoms with van der Waals surface area (Å²) in [5, 5.41) is 16.4. The largest absolute Gasteiger partial charge is 0.321 e. The number of pyridine rings is 1. The van der Waals surface area contributed by atoms with E-state index < -0.39 is 11.7 Å². The van der Waals surface area contributed by atoms with E-state index in [-0.39, 0.29) is 11.3 Å². The number of rotatable bonds is 4. The van der Waals surface area contributed by atoms with Crippen molar-refractivity contribution in [3.63, 3.8) is 0 Å². The van der Waals surface area contributed by atoms with Gasteiger partial charge in [0.2, 0.25) is 6.20 Å². The third-order valence-corrected chi connectivity index (χ3v) is 5.29. The summed E-state index contributed by atoms with van der Waals surface area (Å²) in [4.78, 5) is 14.9. The second-order valence-corrected chi connectivity index (χ2v) is 7.73. The quantitative estimate of drug-likeness (QED) is 0.538. The Bertz CT molecular complexity index is 883. The highest BCUT2D eigenvalue weighted by Crippen LogP contribution is 2.27. The van der Waals surface area contributed by atoms with E-state index in [4.69, 9.17) is 11.6 Å². The smallest absolute Gasteiger partial charge is 0.266 e. The Balaban J connectivity index is 1.82. The Morgan fingerprint density at radius 1 is 1.43 bits per heavy atom. The van der Waals surface area contributed by atoms with Crippen molar-refractivity contribution in [2.45, 2.75) is 33.4 Å². The number of amides is 1. The van der Waals surface area contributed by atoms with Crippen LogP contribution in [0.15, 0.2) is 24.4 Å². The minimum atomic E-state index is -0.661. The number of benzene rings is 1. The zero-order valence-electron chi connectivity index (χ0n) is 16.2. The summed E-state index contributed by atoms with van der Waals surface area (Å²) in [5.74, 6) is -1.18. The molecule has 0 saturated carbocycles. The van der Waals surface area contributed by atoms with Gasteiger partial charge in [0.1, 0.15) is 5.56 Å². The van der Waals surface area contributed by atoms with Crippen LogP contribution in [-0.2, 0) is 6.54 Å². The second-order valence-electron chi connectivity index (χ2n) is 7.29. The van der Waals surface area contributed by atoms with Gasteiger partial charge >= 0.3 is 0 Å². The lowest BCUT2D eigenvalue weighted by molar-refractivity contribution is -0.909. The third kappa shape index (κ3) is 4.60. The van der Waals surface area contributed by atoms with Crippen LogP contribution in [0.5, 0.6) is 0 Å². The van der Waals surface area contributed by atoms with Crippen LogP contribution in [-0.4, -0.2) is 41.7 Å². The maximum Gasteiger partial charge on any atom is 0.266 e. The molecule has 1 aromatic carbocycles. The predicted molar refractivity (Wildman–Crippen MR) is 105 cm³/mol. The van der Waals surface area contributed by atoms with Crippen LogP contribution >= 0.6 is 11.6 Å². The molecule has 2 aromatic rings. The molecule has 3 rings (SSSR count). The summed E-state index contributed by atoms with van der Waals surface area (Å²) < 4.78 is 14.4. The van der Waals surface area contributed by atoms with Crippen LogP contribution < -0.4 is 15.4 Å². The van der Waals surface area contributed by atoms with Crippen molar-refractivity contribution in [2.75, 3.05) is 25.0 Å². The Hall–Kier alpha value is -2.22. The van der Waals surface area contributed by atoms with E-state index in [9.17, 15) is 14.4 Å². The number of piperazine rings is 1. The number of hydrogen-bond donors (Lipinski definition) is 3. The molecule has 1 aromatic heterocycles. The maximum absolute atomic E-state index is 13.8. The predicted octanol–water partition coefficient (Wildman–Crippen LogP) is 2.67. The lowest BCUT2D eigenvalue weighted by atomic mass is 10.0. The Morgan fingerprint density at radius 3 is 2.86 bits per heavy atom. The maximum atomic E-state index is 13.8. The van der Waals surface area contributed by atoms with Gasteiger partial charge in [-0.25, -0.2) is 0 Å². The number of aromatic nitrogens is 1. The summed E-state index contributed by atoms with van der Waals surface area (Å²) in [6.07, 6.45) is 1.18. The molecule has 6 nitrogen and oxygen atoms in total. The van der Waals surface area contributed by atoms with Crippen molar-refractivity contribution in [2.24, 2.45) is 0 Å². The number of hydrogen-bond acceptors (Lipinski definition) is 4. The molecule has 1 aliphatic heterocycles. The zero-order valence-corrected chi connectivity index (χ0v) is 17.0. The van der Waals surface area contributed by atoms with Crippen molar-refractivity contribution in [1.82, 2.24) is 10.2 Å². The van der Waals surface area contributed by atoms with Gasteiger partial charge in [0.15, 0.2) is 5.82 Å². The molecule has 3 N–H and O–H groups in total. The van der Waals surface area contributed by atoms with E-state index in [1.807, 2.05) is 13.0 Å². The molecule has 150 valence electrons. The van der Waals surface area contributed by atoms with Gasteiger partial charge < -0.3 is 10.6 Å². The molecule has 0 radical (unpaired) electrons. The number of carbonyl (C=O) groups is 1. The van der Waals surface area contributed by atoms with Crippen LogP contribution in [0.4, 0.5) is 10.1 Å². The first-order valence-corrected chi connectivity index (χ1v) is 9.59. The topological polar surface area (TPSA) is 68.5 Å². The minimum Gasteiger partial charge on any atom is -0.321 e. The van der Waals surface area contributed by atoms with Gasteiger partial charge in [0, 0.05) is 54.6 Å². The molecular weight excluding hydrogens is 383 g/mol. The standard InChI is InChI=1S/C20H24ClFN4O2/c1-12-9-25(5-4-23-12)10-15-6-17(21)8-19(13(15)2)24-20(27)16-7-18(22)14(3)26(28)11-16/h6-8,11-12,23H,4-5,9-10H2,1-3H3,(H-,24,27,28)/p+1/t12-/m0/s1. The molecule has 1 amide bonds. The zero-order chi connectivity index (χ0) is 20.4. The highest BCUT2D eigenvalue weighted by Gasteiger charge is 2.21. The van der Waals surface area contributed by atoms with E-state index in [1.165, 1.54) is 13.1 Å². The molecule has 0 unspecified atom stereocenters. The van der Waals surface area contributed by atoms with Crippen LogP contribution in [0.1, 0.15) is 34.1 Å². The molecule has 1 atom stereocenters. The number of carbonyl (C=O) groups excluding carboxylic acids is 1. The SMILES string of the molecule is Cc1c(CN2CCN[C@@H](C)C2)cc(Cl)cc1NC(=O)c1cc(F)c(C)[n+](O)c1.